The summed E-state index contributed by atoms with van der Waals surface area (Å²) < 4.78 is 25.0. The molecule has 0 heterocycles. The summed E-state index contributed by atoms with van der Waals surface area (Å²) in [6.45, 7) is 17.6. The highest BCUT2D eigenvalue weighted by Crippen LogP contribution is 2.48. The second-order valence-electron chi connectivity index (χ2n) is 10.3. The van der Waals surface area contributed by atoms with E-state index in [1.54, 1.807) is 14.2 Å². The summed E-state index contributed by atoms with van der Waals surface area (Å²) in [6.07, 6.45) is 4.09. The van der Waals surface area contributed by atoms with Crippen LogP contribution in [0.1, 0.15) is 37.8 Å². The lowest BCUT2D eigenvalue weighted by atomic mass is 9.95. The van der Waals surface area contributed by atoms with Crippen LogP contribution in [0.25, 0.3) is 11.1 Å². The lowest BCUT2D eigenvalue weighted by Gasteiger charge is -2.28. The molecule has 0 saturated heterocycles. The van der Waals surface area contributed by atoms with E-state index >= 15 is 0 Å². The van der Waals surface area contributed by atoms with Crippen LogP contribution in [0.2, 0.25) is 39.3 Å². The average molecular weight is 475 g/mol. The van der Waals surface area contributed by atoms with Gasteiger partial charge < -0.3 is 18.3 Å². The van der Waals surface area contributed by atoms with E-state index in [1.807, 2.05) is 0 Å². The first-order valence-electron chi connectivity index (χ1n) is 11.7. The number of ether oxygens (including phenoxy) is 2. The largest absolute Gasteiger partial charge is 0.541 e. The number of hydrogen-bond donors (Lipinski definition) is 0. The van der Waals surface area contributed by atoms with E-state index in [0.717, 1.165) is 59.8 Å². The second kappa shape index (κ2) is 10.8. The predicted molar refractivity (Wildman–Crippen MR) is 141 cm³/mol. The van der Waals surface area contributed by atoms with Crippen molar-refractivity contribution in [2.75, 3.05) is 14.2 Å². The Labute approximate surface area is 197 Å². The molecule has 0 aliphatic rings. The van der Waals surface area contributed by atoms with Crippen LogP contribution in [0.15, 0.2) is 24.3 Å². The van der Waals surface area contributed by atoms with Crippen LogP contribution in [0.5, 0.6) is 23.0 Å². The molecule has 0 N–H and O–H groups in total. The Hall–Kier alpha value is -1.93. The standard InChI is InChI=1S/C26H42O4Si2/c1-11-13-19-15-21(25(23(17-19)27-3)29-31(5,6)7)22-16-20(14-12-2)18-24(28-4)26(22)30-32(8,9)10/h15-18H,11-14H2,1-10H3. The Morgan fingerprint density at radius 1 is 0.594 bits per heavy atom. The first kappa shape index (κ1) is 26.3. The molecule has 0 aromatic heterocycles. The van der Waals surface area contributed by atoms with Crippen molar-refractivity contribution in [3.05, 3.63) is 35.4 Å². The van der Waals surface area contributed by atoms with Crippen LogP contribution < -0.4 is 18.3 Å². The maximum Gasteiger partial charge on any atom is 0.242 e. The third-order valence-electron chi connectivity index (χ3n) is 4.85. The lowest BCUT2D eigenvalue weighted by Crippen LogP contribution is -2.30. The lowest BCUT2D eigenvalue weighted by molar-refractivity contribution is 0.390. The molecule has 178 valence electrons. The van der Waals surface area contributed by atoms with Gasteiger partial charge in [0.15, 0.2) is 23.0 Å². The Morgan fingerprint density at radius 3 is 1.19 bits per heavy atom. The van der Waals surface area contributed by atoms with Crippen LogP contribution in [0, 0.1) is 0 Å². The molecule has 0 atom stereocenters. The van der Waals surface area contributed by atoms with Crippen molar-refractivity contribution in [2.24, 2.45) is 0 Å². The summed E-state index contributed by atoms with van der Waals surface area (Å²) in [6, 6.07) is 8.75. The van der Waals surface area contributed by atoms with Gasteiger partial charge in [0.1, 0.15) is 0 Å². The normalized spacial score (nSPS) is 11.9. The molecule has 32 heavy (non-hydrogen) atoms. The van der Waals surface area contributed by atoms with Crippen molar-refractivity contribution in [1.82, 2.24) is 0 Å². The summed E-state index contributed by atoms with van der Waals surface area (Å²) >= 11 is 0. The van der Waals surface area contributed by atoms with E-state index in [0.29, 0.717) is 0 Å². The molecule has 0 amide bonds. The molecule has 2 rings (SSSR count). The molecule has 0 fully saturated rings. The fraction of sp³-hybridized carbons (Fsp3) is 0.538. The molecule has 0 saturated carbocycles. The van der Waals surface area contributed by atoms with Gasteiger partial charge in [0, 0.05) is 11.1 Å². The van der Waals surface area contributed by atoms with Crippen molar-refractivity contribution in [2.45, 2.75) is 78.8 Å². The monoisotopic (exact) mass is 474 g/mol. The van der Waals surface area contributed by atoms with Crippen molar-refractivity contribution in [1.29, 1.82) is 0 Å². The average Bonchev–Trinajstić information content (AvgIpc) is 2.68. The molecule has 4 nitrogen and oxygen atoms in total. The number of hydrogen-bond acceptors (Lipinski definition) is 4. The molecule has 0 bridgehead atoms. The highest BCUT2D eigenvalue weighted by atomic mass is 28.4. The Bertz CT molecular complexity index is 836. The SMILES string of the molecule is CCCc1cc(OC)c(O[Si](C)(C)C)c(-c2cc(CCC)cc(OC)c2O[Si](C)(C)C)c1. The van der Waals surface area contributed by atoms with Gasteiger partial charge in [0.25, 0.3) is 0 Å². The minimum absolute atomic E-state index is 0.784. The van der Waals surface area contributed by atoms with E-state index < -0.39 is 16.6 Å². The number of rotatable bonds is 11. The van der Waals surface area contributed by atoms with E-state index in [1.165, 1.54) is 11.1 Å². The van der Waals surface area contributed by atoms with Gasteiger partial charge in [-0.25, -0.2) is 0 Å². The zero-order valence-corrected chi connectivity index (χ0v) is 23.8. The first-order chi connectivity index (χ1) is 14.9. The molecule has 6 heteroatoms. The fourth-order valence-corrected chi connectivity index (χ4v) is 5.36. The van der Waals surface area contributed by atoms with E-state index in [4.69, 9.17) is 18.3 Å². The van der Waals surface area contributed by atoms with Crippen molar-refractivity contribution in [3.63, 3.8) is 0 Å². The van der Waals surface area contributed by atoms with E-state index in [2.05, 4.69) is 77.4 Å². The third-order valence-corrected chi connectivity index (χ3v) is 6.49. The summed E-state index contributed by atoms with van der Waals surface area (Å²) in [4.78, 5) is 0. The predicted octanol–water partition coefficient (Wildman–Crippen LogP) is 7.70. The zero-order valence-electron chi connectivity index (χ0n) is 21.8. The first-order valence-corrected chi connectivity index (χ1v) is 18.5. The minimum atomic E-state index is -1.90. The molecule has 0 aliphatic heterocycles. The highest BCUT2D eigenvalue weighted by molar-refractivity contribution is 6.71. The van der Waals surface area contributed by atoms with Gasteiger partial charge in [0.05, 0.1) is 14.2 Å². The molecule has 0 spiro atoms. The highest BCUT2D eigenvalue weighted by Gasteiger charge is 2.28. The minimum Gasteiger partial charge on any atom is -0.541 e. The second-order valence-corrected chi connectivity index (χ2v) is 19.1. The summed E-state index contributed by atoms with van der Waals surface area (Å²) in [5.41, 5.74) is 4.53. The van der Waals surface area contributed by atoms with Crippen molar-refractivity contribution < 1.29 is 18.3 Å². The molecule has 2 aromatic carbocycles. The number of methoxy groups -OCH3 is 2. The third kappa shape index (κ3) is 7.04. The smallest absolute Gasteiger partial charge is 0.242 e. The number of aryl methyl sites for hydroxylation is 2. The molecule has 0 unspecified atom stereocenters. The van der Waals surface area contributed by atoms with Crippen LogP contribution in [-0.2, 0) is 12.8 Å². The van der Waals surface area contributed by atoms with Gasteiger partial charge in [-0.15, -0.1) is 0 Å². The van der Waals surface area contributed by atoms with Crippen LogP contribution in [0.4, 0.5) is 0 Å². The van der Waals surface area contributed by atoms with Crippen LogP contribution in [0.3, 0.4) is 0 Å². The van der Waals surface area contributed by atoms with Crippen molar-refractivity contribution >= 4 is 16.6 Å². The Morgan fingerprint density at radius 2 is 0.938 bits per heavy atom. The molecule has 0 radical (unpaired) electrons. The number of benzene rings is 2. The van der Waals surface area contributed by atoms with Gasteiger partial charge in [-0.05, 0) is 87.5 Å². The summed E-state index contributed by atoms with van der Waals surface area (Å²) in [5.74, 6) is 3.18. The molecule has 0 aliphatic carbocycles. The Balaban J connectivity index is 2.93. The summed E-state index contributed by atoms with van der Waals surface area (Å²) in [7, 11) is -0.365. The van der Waals surface area contributed by atoms with Crippen LogP contribution >= 0.6 is 0 Å². The molecule has 2 aromatic rings. The summed E-state index contributed by atoms with van der Waals surface area (Å²) in [5, 5.41) is 0. The van der Waals surface area contributed by atoms with E-state index in [-0.39, 0.29) is 0 Å². The maximum atomic E-state index is 6.63. The zero-order chi connectivity index (χ0) is 24.1. The topological polar surface area (TPSA) is 36.9 Å². The molecular weight excluding hydrogens is 432 g/mol. The van der Waals surface area contributed by atoms with E-state index in [9.17, 15) is 0 Å². The maximum absolute atomic E-state index is 6.63. The quantitative estimate of drug-likeness (QED) is 0.313. The Kier molecular flexibility index (Phi) is 8.88. The van der Waals surface area contributed by atoms with Gasteiger partial charge in [-0.2, -0.15) is 0 Å². The van der Waals surface area contributed by atoms with Gasteiger partial charge in [-0.3, -0.25) is 0 Å². The molecular formula is C26H42O4Si2. The fourth-order valence-electron chi connectivity index (χ4n) is 3.71. The van der Waals surface area contributed by atoms with Gasteiger partial charge in [0.2, 0.25) is 16.6 Å². The van der Waals surface area contributed by atoms with Crippen LogP contribution in [-0.4, -0.2) is 30.9 Å². The van der Waals surface area contributed by atoms with Gasteiger partial charge in [-0.1, -0.05) is 26.7 Å². The van der Waals surface area contributed by atoms with Crippen molar-refractivity contribution in [3.8, 4) is 34.1 Å². The van der Waals surface area contributed by atoms with Gasteiger partial charge >= 0.3 is 0 Å².